The molecule has 0 aliphatic rings. The molecule has 0 fully saturated rings. The molecule has 0 saturated carbocycles. The molecular formula is C23H25ClF2N4O4S. The van der Waals surface area contributed by atoms with Crippen molar-refractivity contribution in [3.63, 3.8) is 0 Å². The molecule has 3 aromatic rings. The van der Waals surface area contributed by atoms with Crippen molar-refractivity contribution in [1.82, 2.24) is 9.97 Å². The first-order valence-electron chi connectivity index (χ1n) is 10.6. The third kappa shape index (κ3) is 7.91. The Kier molecular flexibility index (Phi) is 9.87. The van der Waals surface area contributed by atoms with Crippen LogP contribution in [0.4, 0.5) is 20.2 Å². The summed E-state index contributed by atoms with van der Waals surface area (Å²) in [5.41, 5.74) is 1.81. The van der Waals surface area contributed by atoms with Crippen LogP contribution >= 0.6 is 11.6 Å². The van der Waals surface area contributed by atoms with E-state index in [-0.39, 0.29) is 11.0 Å². The number of halogens is 3. The maximum absolute atomic E-state index is 14.2. The van der Waals surface area contributed by atoms with Gasteiger partial charge in [0.05, 0.1) is 31.9 Å². The minimum atomic E-state index is -1.07. The number of nitrogens with zero attached hydrogens (tertiary/aromatic N) is 3. The second-order valence-electron chi connectivity index (χ2n) is 7.52. The van der Waals surface area contributed by atoms with Crippen LogP contribution in [-0.4, -0.2) is 46.2 Å². The van der Waals surface area contributed by atoms with Crippen LogP contribution in [0.15, 0.2) is 42.6 Å². The van der Waals surface area contributed by atoms with Crippen LogP contribution in [0.1, 0.15) is 18.4 Å². The fourth-order valence-corrected chi connectivity index (χ4v) is 4.07. The lowest BCUT2D eigenvalue weighted by Gasteiger charge is -2.17. The van der Waals surface area contributed by atoms with Crippen LogP contribution in [0, 0.1) is 11.6 Å². The van der Waals surface area contributed by atoms with Gasteiger partial charge in [0.25, 0.3) is 0 Å². The Hall–Kier alpha value is -2.70. The lowest BCUT2D eigenvalue weighted by atomic mass is 10.1. The molecule has 8 nitrogen and oxygen atoms in total. The zero-order valence-electron chi connectivity index (χ0n) is 19.1. The number of benzene rings is 2. The Morgan fingerprint density at radius 1 is 1.20 bits per heavy atom. The van der Waals surface area contributed by atoms with E-state index in [4.69, 9.17) is 21.2 Å². The Labute approximate surface area is 210 Å². The predicted molar refractivity (Wildman–Crippen MR) is 131 cm³/mol. The average molecular weight is 527 g/mol. The van der Waals surface area contributed by atoms with Crippen molar-refractivity contribution in [2.24, 2.45) is 0 Å². The molecule has 1 unspecified atom stereocenters. The molecule has 0 saturated heterocycles. The second-order valence-corrected chi connectivity index (χ2v) is 9.29. The van der Waals surface area contributed by atoms with E-state index >= 15 is 0 Å². The highest BCUT2D eigenvalue weighted by molar-refractivity contribution is 7.89. The monoisotopic (exact) mass is 526 g/mol. The van der Waals surface area contributed by atoms with Crippen molar-refractivity contribution in [3.8, 4) is 17.0 Å². The smallest absolute Gasteiger partial charge is 0.223 e. The largest absolute Gasteiger partial charge is 0.616 e. The number of rotatable bonds is 12. The Bertz CT molecular complexity index is 1140. The third-order valence-corrected chi connectivity index (χ3v) is 5.74. The molecule has 0 aliphatic carbocycles. The second kappa shape index (κ2) is 12.8. The summed E-state index contributed by atoms with van der Waals surface area (Å²) in [5, 5.41) is 13.4. The lowest BCUT2D eigenvalue weighted by molar-refractivity contribution is -0.0111. The first-order chi connectivity index (χ1) is 16.8. The molecular weight excluding hydrogens is 502 g/mol. The number of nitrogens with one attached hydrogen (secondary N) is 1. The van der Waals surface area contributed by atoms with Crippen LogP contribution in [-0.2, 0) is 21.8 Å². The zero-order chi connectivity index (χ0) is 25.4. The summed E-state index contributed by atoms with van der Waals surface area (Å²) in [6.45, 7) is 0.832. The van der Waals surface area contributed by atoms with Crippen molar-refractivity contribution < 1.29 is 28.1 Å². The van der Waals surface area contributed by atoms with Gasteiger partial charge in [-0.05, 0) is 54.8 Å². The van der Waals surface area contributed by atoms with E-state index in [1.54, 1.807) is 24.5 Å². The lowest BCUT2D eigenvalue weighted by Crippen LogP contribution is -2.16. The van der Waals surface area contributed by atoms with Crippen LogP contribution < -0.4 is 15.3 Å². The molecule has 1 aromatic heterocycles. The van der Waals surface area contributed by atoms with Crippen molar-refractivity contribution >= 4 is 34.2 Å². The van der Waals surface area contributed by atoms with Gasteiger partial charge < -0.3 is 14.6 Å². The summed E-state index contributed by atoms with van der Waals surface area (Å²) in [6, 6.07) is 8.93. The fraction of sp³-hybridized carbons (Fsp3) is 0.304. The molecule has 12 heteroatoms. The standard InChI is InChI=1S/C23H25ClF2N4O4S/c1-33-30(31)17-9-15(14-35(2)32)10-18(12-17)34-8-4-3-7-27-21-11-16(25)5-6-19(21)22-20(26)13-28-23(24)29-22/h5-6,9-13,27,31H,3-4,7-8,14H2,1-2H3. The molecule has 1 heterocycles. The van der Waals surface area contributed by atoms with E-state index in [0.29, 0.717) is 59.7 Å². The number of hydrogen-bond donors (Lipinski definition) is 2. The van der Waals surface area contributed by atoms with E-state index in [2.05, 4.69) is 15.3 Å². The van der Waals surface area contributed by atoms with Gasteiger partial charge in [-0.15, -0.1) is 5.23 Å². The zero-order valence-corrected chi connectivity index (χ0v) is 20.7. The highest BCUT2D eigenvalue weighted by Crippen LogP contribution is 2.30. The number of hydrogen-bond acceptors (Lipinski definition) is 8. The summed E-state index contributed by atoms with van der Waals surface area (Å²) < 4.78 is 45.4. The number of anilines is 2. The van der Waals surface area contributed by atoms with Crippen LogP contribution in [0.25, 0.3) is 11.3 Å². The molecule has 0 amide bonds. The van der Waals surface area contributed by atoms with E-state index in [1.807, 2.05) is 0 Å². The predicted octanol–water partition coefficient (Wildman–Crippen LogP) is 4.98. The SMILES string of the molecule is CON(O)c1cc(C[S+](C)[O-])cc(OCCCCNc2cc(F)ccc2-c2nc(Cl)ncc2F)c1. The molecule has 0 radical (unpaired) electrons. The number of ether oxygens (including phenoxy) is 1. The van der Waals surface area contributed by atoms with Gasteiger partial charge in [0.15, 0.2) is 5.82 Å². The topological polar surface area (TPSA) is 103 Å². The van der Waals surface area contributed by atoms with Gasteiger partial charge in [-0.2, -0.15) is 0 Å². The summed E-state index contributed by atoms with van der Waals surface area (Å²) >= 11 is 4.73. The molecule has 0 aliphatic heterocycles. The van der Waals surface area contributed by atoms with Crippen molar-refractivity contribution in [2.45, 2.75) is 18.6 Å². The molecule has 3 rings (SSSR count). The minimum Gasteiger partial charge on any atom is -0.616 e. The van der Waals surface area contributed by atoms with Gasteiger partial charge in [-0.25, -0.2) is 18.7 Å². The highest BCUT2D eigenvalue weighted by Gasteiger charge is 2.14. The Balaban J connectivity index is 1.57. The Morgan fingerprint density at radius 2 is 2.00 bits per heavy atom. The van der Waals surface area contributed by atoms with Crippen molar-refractivity contribution in [1.29, 1.82) is 0 Å². The van der Waals surface area contributed by atoms with Crippen LogP contribution in [0.3, 0.4) is 0 Å². The highest BCUT2D eigenvalue weighted by atomic mass is 35.5. The maximum atomic E-state index is 14.2. The van der Waals surface area contributed by atoms with E-state index in [0.717, 1.165) is 11.8 Å². The first kappa shape index (κ1) is 26.9. The van der Waals surface area contributed by atoms with E-state index < -0.39 is 22.8 Å². The summed E-state index contributed by atoms with van der Waals surface area (Å²) in [6.07, 6.45) is 3.87. The summed E-state index contributed by atoms with van der Waals surface area (Å²) in [4.78, 5) is 12.3. The van der Waals surface area contributed by atoms with Gasteiger partial charge in [0.1, 0.15) is 23.0 Å². The fourth-order valence-electron chi connectivity index (χ4n) is 3.30. The van der Waals surface area contributed by atoms with Gasteiger partial charge in [-0.1, -0.05) is 11.2 Å². The molecule has 35 heavy (non-hydrogen) atoms. The molecule has 0 spiro atoms. The third-order valence-electron chi connectivity index (χ3n) is 4.82. The summed E-state index contributed by atoms with van der Waals surface area (Å²) in [7, 11) is 1.32. The van der Waals surface area contributed by atoms with Crippen LogP contribution in [0.2, 0.25) is 5.28 Å². The average Bonchev–Trinajstić information content (AvgIpc) is 2.82. The normalized spacial score (nSPS) is 11.9. The van der Waals surface area contributed by atoms with E-state index in [9.17, 15) is 18.5 Å². The maximum Gasteiger partial charge on any atom is 0.223 e. The number of unbranched alkanes of at least 4 members (excludes halogenated alkanes) is 1. The Morgan fingerprint density at radius 3 is 2.74 bits per heavy atom. The molecule has 0 bridgehead atoms. The molecule has 2 N–H and O–H groups in total. The van der Waals surface area contributed by atoms with E-state index in [1.165, 1.54) is 25.3 Å². The van der Waals surface area contributed by atoms with Crippen molar-refractivity contribution in [2.75, 3.05) is 37.1 Å². The van der Waals surface area contributed by atoms with Gasteiger partial charge in [0, 0.05) is 29.4 Å². The van der Waals surface area contributed by atoms with Crippen molar-refractivity contribution in [3.05, 3.63) is 65.1 Å². The van der Waals surface area contributed by atoms with Gasteiger partial charge in [0.2, 0.25) is 5.28 Å². The van der Waals surface area contributed by atoms with Crippen LogP contribution in [0.5, 0.6) is 5.75 Å². The number of aromatic nitrogens is 2. The first-order valence-corrected chi connectivity index (χ1v) is 12.7. The summed E-state index contributed by atoms with van der Waals surface area (Å²) in [5.74, 6) is -0.339. The molecule has 1 atom stereocenters. The van der Waals surface area contributed by atoms with Gasteiger partial charge >= 0.3 is 0 Å². The van der Waals surface area contributed by atoms with Gasteiger partial charge in [-0.3, -0.25) is 10.0 Å². The molecule has 2 aromatic carbocycles. The molecule has 188 valence electrons. The quantitative estimate of drug-likeness (QED) is 0.147. The minimum absolute atomic E-state index is 0.0199.